The van der Waals surface area contributed by atoms with Crippen LogP contribution < -0.4 is 5.32 Å². The smallest absolute Gasteiger partial charge is 0.105 e. The maximum Gasteiger partial charge on any atom is 0.105 e. The molecule has 0 spiro atoms. The van der Waals surface area contributed by atoms with Crippen molar-refractivity contribution < 1.29 is 4.42 Å². The molecule has 0 aliphatic rings. The van der Waals surface area contributed by atoms with Crippen molar-refractivity contribution in [2.24, 2.45) is 0 Å². The van der Waals surface area contributed by atoms with E-state index >= 15 is 0 Å². The minimum Gasteiger partial charge on any atom is -0.469 e. The summed E-state index contributed by atoms with van der Waals surface area (Å²) in [6.07, 6.45) is 4.62. The second-order valence-corrected chi connectivity index (χ2v) is 4.92. The maximum atomic E-state index is 5.37. The molecule has 3 aromatic rings. The number of nitrogens with one attached hydrogen (secondary N) is 2. The van der Waals surface area contributed by atoms with Gasteiger partial charge < -0.3 is 14.7 Å². The second kappa shape index (κ2) is 5.33. The molecule has 19 heavy (non-hydrogen) atoms. The molecule has 0 fully saturated rings. The van der Waals surface area contributed by atoms with Crippen LogP contribution in [0.2, 0.25) is 0 Å². The first kappa shape index (κ1) is 12.1. The molecule has 2 heterocycles. The van der Waals surface area contributed by atoms with Crippen LogP contribution >= 0.6 is 0 Å². The third kappa shape index (κ3) is 2.71. The van der Waals surface area contributed by atoms with Crippen molar-refractivity contribution in [1.29, 1.82) is 0 Å². The predicted molar refractivity (Wildman–Crippen MR) is 77.0 cm³/mol. The predicted octanol–water partition coefficient (Wildman–Crippen LogP) is 3.48. The van der Waals surface area contributed by atoms with Crippen LogP contribution in [0.25, 0.3) is 10.9 Å². The Bertz CT molecular complexity index is 640. The molecular weight excluding hydrogens is 236 g/mol. The highest BCUT2D eigenvalue weighted by Crippen LogP contribution is 2.17. The van der Waals surface area contributed by atoms with Gasteiger partial charge in [0, 0.05) is 36.1 Å². The number of H-pyrrole nitrogens is 1. The SMILES string of the molecule is CC(Cc1ccco1)NCc1cccc2[nH]ccc12. The summed E-state index contributed by atoms with van der Waals surface area (Å²) in [5.74, 6) is 1.03. The number of hydrogen-bond donors (Lipinski definition) is 2. The van der Waals surface area contributed by atoms with Crippen molar-refractivity contribution in [3.8, 4) is 0 Å². The Labute approximate surface area is 112 Å². The molecule has 1 atom stereocenters. The number of benzene rings is 1. The van der Waals surface area contributed by atoms with E-state index in [2.05, 4.69) is 41.5 Å². The first-order valence-electron chi connectivity index (χ1n) is 6.63. The normalized spacial score (nSPS) is 12.9. The standard InChI is InChI=1S/C16H18N2O/c1-12(10-14-5-3-9-19-14)18-11-13-4-2-6-16-15(13)7-8-17-16/h2-9,12,17-18H,10-11H2,1H3. The van der Waals surface area contributed by atoms with Gasteiger partial charge in [0.05, 0.1) is 6.26 Å². The van der Waals surface area contributed by atoms with Crippen LogP contribution in [0.3, 0.4) is 0 Å². The van der Waals surface area contributed by atoms with Gasteiger partial charge in [0.25, 0.3) is 0 Å². The Kier molecular flexibility index (Phi) is 3.38. The summed E-state index contributed by atoms with van der Waals surface area (Å²) in [5.41, 5.74) is 2.52. The van der Waals surface area contributed by atoms with Crippen molar-refractivity contribution >= 4 is 10.9 Å². The van der Waals surface area contributed by atoms with Gasteiger partial charge in [0.2, 0.25) is 0 Å². The molecule has 3 heteroatoms. The van der Waals surface area contributed by atoms with Crippen LogP contribution in [-0.4, -0.2) is 11.0 Å². The van der Waals surface area contributed by atoms with Gasteiger partial charge in [0.15, 0.2) is 0 Å². The Morgan fingerprint density at radius 3 is 3.00 bits per heavy atom. The lowest BCUT2D eigenvalue weighted by molar-refractivity contribution is 0.457. The highest BCUT2D eigenvalue weighted by molar-refractivity contribution is 5.82. The molecule has 3 nitrogen and oxygen atoms in total. The average Bonchev–Trinajstić information content (AvgIpc) is 3.06. The van der Waals surface area contributed by atoms with E-state index in [4.69, 9.17) is 4.42 Å². The molecular formula is C16H18N2O. The zero-order valence-electron chi connectivity index (χ0n) is 11.0. The largest absolute Gasteiger partial charge is 0.469 e. The van der Waals surface area contributed by atoms with Gasteiger partial charge in [-0.15, -0.1) is 0 Å². The van der Waals surface area contributed by atoms with E-state index in [0.717, 1.165) is 18.7 Å². The van der Waals surface area contributed by atoms with Gasteiger partial charge >= 0.3 is 0 Å². The molecule has 3 rings (SSSR count). The van der Waals surface area contributed by atoms with Gasteiger partial charge in [-0.25, -0.2) is 0 Å². The van der Waals surface area contributed by atoms with Gasteiger partial charge in [-0.3, -0.25) is 0 Å². The highest BCUT2D eigenvalue weighted by atomic mass is 16.3. The Morgan fingerprint density at radius 1 is 1.21 bits per heavy atom. The molecule has 2 aromatic heterocycles. The summed E-state index contributed by atoms with van der Waals surface area (Å²) < 4.78 is 5.37. The summed E-state index contributed by atoms with van der Waals surface area (Å²) in [4.78, 5) is 3.24. The number of furan rings is 1. The first-order valence-corrected chi connectivity index (χ1v) is 6.63. The van der Waals surface area contributed by atoms with Crippen molar-refractivity contribution in [3.05, 3.63) is 60.2 Å². The third-order valence-corrected chi connectivity index (χ3v) is 3.41. The lowest BCUT2D eigenvalue weighted by atomic mass is 10.1. The minimum absolute atomic E-state index is 0.389. The topological polar surface area (TPSA) is 41.0 Å². The van der Waals surface area contributed by atoms with E-state index in [1.54, 1.807) is 6.26 Å². The number of fused-ring (bicyclic) bond motifs is 1. The molecule has 0 saturated carbocycles. The van der Waals surface area contributed by atoms with E-state index in [-0.39, 0.29) is 0 Å². The molecule has 98 valence electrons. The maximum absolute atomic E-state index is 5.37. The van der Waals surface area contributed by atoms with E-state index < -0.39 is 0 Å². The molecule has 0 radical (unpaired) electrons. The molecule has 0 aliphatic heterocycles. The first-order chi connectivity index (χ1) is 9.33. The van der Waals surface area contributed by atoms with Gasteiger partial charge in [-0.05, 0) is 36.8 Å². The molecule has 2 N–H and O–H groups in total. The summed E-state index contributed by atoms with van der Waals surface area (Å²) in [6.45, 7) is 3.05. The summed E-state index contributed by atoms with van der Waals surface area (Å²) in [6, 6.07) is 12.8. The van der Waals surface area contributed by atoms with Crippen molar-refractivity contribution in [3.63, 3.8) is 0 Å². The monoisotopic (exact) mass is 254 g/mol. The number of hydrogen-bond acceptors (Lipinski definition) is 2. The summed E-state index contributed by atoms with van der Waals surface area (Å²) in [5, 5.41) is 4.84. The van der Waals surface area contributed by atoms with Gasteiger partial charge in [-0.2, -0.15) is 0 Å². The second-order valence-electron chi connectivity index (χ2n) is 4.92. The number of aromatic nitrogens is 1. The van der Waals surface area contributed by atoms with Crippen LogP contribution in [-0.2, 0) is 13.0 Å². The van der Waals surface area contributed by atoms with Crippen LogP contribution in [0.4, 0.5) is 0 Å². The molecule has 0 bridgehead atoms. The van der Waals surface area contributed by atoms with Crippen LogP contribution in [0.5, 0.6) is 0 Å². The van der Waals surface area contributed by atoms with Gasteiger partial charge in [-0.1, -0.05) is 12.1 Å². The zero-order valence-corrected chi connectivity index (χ0v) is 11.0. The molecule has 1 unspecified atom stereocenters. The lowest BCUT2D eigenvalue weighted by Crippen LogP contribution is -2.27. The minimum atomic E-state index is 0.389. The molecule has 0 saturated heterocycles. The van der Waals surface area contributed by atoms with Crippen molar-refractivity contribution in [1.82, 2.24) is 10.3 Å². The summed E-state index contributed by atoms with van der Waals surface area (Å²) in [7, 11) is 0. The highest BCUT2D eigenvalue weighted by Gasteiger charge is 2.07. The van der Waals surface area contributed by atoms with Crippen molar-refractivity contribution in [2.45, 2.75) is 25.9 Å². The fourth-order valence-corrected chi connectivity index (χ4v) is 2.39. The fourth-order valence-electron chi connectivity index (χ4n) is 2.39. The summed E-state index contributed by atoms with van der Waals surface area (Å²) >= 11 is 0. The average molecular weight is 254 g/mol. The van der Waals surface area contributed by atoms with Gasteiger partial charge in [0.1, 0.15) is 5.76 Å². The van der Waals surface area contributed by atoms with Crippen LogP contribution in [0.1, 0.15) is 18.2 Å². The van der Waals surface area contributed by atoms with E-state index in [1.807, 2.05) is 18.3 Å². The third-order valence-electron chi connectivity index (χ3n) is 3.41. The fraction of sp³-hybridized carbons (Fsp3) is 0.250. The van der Waals surface area contributed by atoms with Crippen LogP contribution in [0, 0.1) is 0 Å². The zero-order chi connectivity index (χ0) is 13.1. The van der Waals surface area contributed by atoms with Crippen LogP contribution in [0.15, 0.2) is 53.3 Å². The Balaban J connectivity index is 1.64. The number of rotatable bonds is 5. The molecule has 0 aliphatic carbocycles. The Morgan fingerprint density at radius 2 is 2.16 bits per heavy atom. The molecule has 0 amide bonds. The Hall–Kier alpha value is -2.00. The quantitative estimate of drug-likeness (QED) is 0.732. The number of aromatic amines is 1. The lowest BCUT2D eigenvalue weighted by Gasteiger charge is -2.13. The van der Waals surface area contributed by atoms with E-state index in [1.165, 1.54) is 16.5 Å². The van der Waals surface area contributed by atoms with E-state index in [9.17, 15) is 0 Å². The van der Waals surface area contributed by atoms with Crippen molar-refractivity contribution in [2.75, 3.05) is 0 Å². The van der Waals surface area contributed by atoms with E-state index in [0.29, 0.717) is 6.04 Å². The molecule has 1 aromatic carbocycles.